The molecule has 2 amide bonds. The Morgan fingerprint density at radius 2 is 2.17 bits per heavy atom. The first-order chi connectivity index (χ1) is 11.5. The maximum absolute atomic E-state index is 12.7. The predicted octanol–water partition coefficient (Wildman–Crippen LogP) is 2.95. The van der Waals surface area contributed by atoms with Crippen molar-refractivity contribution in [3.05, 3.63) is 40.9 Å². The lowest BCUT2D eigenvalue weighted by Gasteiger charge is -2.21. The number of anilines is 1. The molecule has 0 aliphatic rings. The van der Waals surface area contributed by atoms with Gasteiger partial charge in [-0.05, 0) is 31.5 Å². The second-order valence-electron chi connectivity index (χ2n) is 5.28. The smallest absolute Gasteiger partial charge is 0.254 e. The van der Waals surface area contributed by atoms with Gasteiger partial charge in [0, 0.05) is 23.2 Å². The quantitative estimate of drug-likeness (QED) is 0.836. The predicted molar refractivity (Wildman–Crippen MR) is 94.7 cm³/mol. The molecule has 0 aliphatic heterocycles. The maximum atomic E-state index is 12.7. The number of benzene rings is 1. The topological polar surface area (TPSA) is 71.5 Å². The second kappa shape index (κ2) is 8.44. The van der Waals surface area contributed by atoms with Crippen LogP contribution in [-0.4, -0.2) is 41.9 Å². The molecule has 2 rings (SSSR count). The number of rotatable bonds is 7. The Balaban J connectivity index is 2.07. The average Bonchev–Trinajstić information content (AvgIpc) is 2.98. The van der Waals surface area contributed by atoms with E-state index in [1.807, 2.05) is 13.8 Å². The van der Waals surface area contributed by atoms with E-state index in [4.69, 9.17) is 4.74 Å². The van der Waals surface area contributed by atoms with Gasteiger partial charge in [-0.15, -0.1) is 11.3 Å². The van der Waals surface area contributed by atoms with E-state index in [-0.39, 0.29) is 18.4 Å². The highest BCUT2D eigenvalue weighted by Crippen LogP contribution is 2.17. The Morgan fingerprint density at radius 3 is 2.79 bits per heavy atom. The largest absolute Gasteiger partial charge is 0.497 e. The third-order valence-corrected chi connectivity index (χ3v) is 4.13. The standard InChI is InChI=1S/C17H21N3O3S/c1-4-8-20(11-15(21)19-17-18-10-12(2)24-17)16(22)13-6-5-7-14(9-13)23-3/h5-7,9-10H,4,8,11H2,1-3H3,(H,18,19,21). The Hall–Kier alpha value is -2.41. The van der Waals surface area contributed by atoms with Crippen LogP contribution in [0.25, 0.3) is 0 Å². The van der Waals surface area contributed by atoms with Crippen molar-refractivity contribution in [2.75, 3.05) is 25.5 Å². The van der Waals surface area contributed by atoms with Crippen LogP contribution >= 0.6 is 11.3 Å². The number of ether oxygens (including phenoxy) is 1. The highest BCUT2D eigenvalue weighted by Gasteiger charge is 2.19. The van der Waals surface area contributed by atoms with Gasteiger partial charge < -0.3 is 15.0 Å². The summed E-state index contributed by atoms with van der Waals surface area (Å²) < 4.78 is 5.15. The summed E-state index contributed by atoms with van der Waals surface area (Å²) in [6, 6.07) is 6.93. The van der Waals surface area contributed by atoms with E-state index in [1.165, 1.54) is 16.2 Å². The average molecular weight is 347 g/mol. The van der Waals surface area contributed by atoms with E-state index >= 15 is 0 Å². The highest BCUT2D eigenvalue weighted by molar-refractivity contribution is 7.15. The fraction of sp³-hybridized carbons (Fsp3) is 0.353. The normalized spacial score (nSPS) is 10.3. The number of amides is 2. The maximum Gasteiger partial charge on any atom is 0.254 e. The number of aromatic nitrogens is 1. The molecule has 1 heterocycles. The lowest BCUT2D eigenvalue weighted by atomic mass is 10.2. The molecule has 0 saturated carbocycles. The first kappa shape index (κ1) is 17.9. The van der Waals surface area contributed by atoms with Crippen molar-refractivity contribution in [3.63, 3.8) is 0 Å². The summed E-state index contributed by atoms with van der Waals surface area (Å²) in [4.78, 5) is 31.5. The number of hydrogen-bond donors (Lipinski definition) is 1. The van der Waals surface area contributed by atoms with Crippen LogP contribution < -0.4 is 10.1 Å². The molecule has 24 heavy (non-hydrogen) atoms. The monoisotopic (exact) mass is 347 g/mol. The summed E-state index contributed by atoms with van der Waals surface area (Å²) in [5.74, 6) is 0.162. The Bertz CT molecular complexity index is 715. The van der Waals surface area contributed by atoms with Gasteiger partial charge in [0.15, 0.2) is 5.13 Å². The lowest BCUT2D eigenvalue weighted by Crippen LogP contribution is -2.38. The molecular formula is C17H21N3O3S. The number of methoxy groups -OCH3 is 1. The van der Waals surface area contributed by atoms with Gasteiger partial charge in [-0.3, -0.25) is 9.59 Å². The molecule has 0 unspecified atom stereocenters. The van der Waals surface area contributed by atoms with Crippen LogP contribution in [0.15, 0.2) is 30.5 Å². The van der Waals surface area contributed by atoms with E-state index in [0.717, 1.165) is 11.3 Å². The van der Waals surface area contributed by atoms with Gasteiger partial charge in [0.2, 0.25) is 5.91 Å². The molecule has 1 aromatic carbocycles. The zero-order chi connectivity index (χ0) is 17.5. The number of aryl methyl sites for hydroxylation is 1. The van der Waals surface area contributed by atoms with Crippen LogP contribution in [-0.2, 0) is 4.79 Å². The Kier molecular flexibility index (Phi) is 6.31. The number of thiazole rings is 1. The van der Waals surface area contributed by atoms with Crippen LogP contribution in [0, 0.1) is 6.92 Å². The molecule has 0 aliphatic carbocycles. The van der Waals surface area contributed by atoms with E-state index in [2.05, 4.69) is 10.3 Å². The van der Waals surface area contributed by atoms with Gasteiger partial charge in [0.1, 0.15) is 12.3 Å². The van der Waals surface area contributed by atoms with Gasteiger partial charge in [0.05, 0.1) is 7.11 Å². The van der Waals surface area contributed by atoms with Crippen LogP contribution in [0.4, 0.5) is 5.13 Å². The minimum Gasteiger partial charge on any atom is -0.497 e. The zero-order valence-corrected chi connectivity index (χ0v) is 14.9. The third kappa shape index (κ3) is 4.79. The molecule has 0 saturated heterocycles. The van der Waals surface area contributed by atoms with Crippen LogP contribution in [0.2, 0.25) is 0 Å². The van der Waals surface area contributed by atoms with Crippen molar-refractivity contribution in [3.8, 4) is 5.75 Å². The number of hydrogen-bond acceptors (Lipinski definition) is 5. The second-order valence-corrected chi connectivity index (χ2v) is 6.52. The van der Waals surface area contributed by atoms with Crippen LogP contribution in [0.1, 0.15) is 28.6 Å². The van der Waals surface area contributed by atoms with Crippen molar-refractivity contribution < 1.29 is 14.3 Å². The molecule has 0 radical (unpaired) electrons. The molecule has 0 spiro atoms. The molecule has 0 fully saturated rings. The molecule has 128 valence electrons. The number of carbonyl (C=O) groups excluding carboxylic acids is 2. The van der Waals surface area contributed by atoms with E-state index < -0.39 is 0 Å². The van der Waals surface area contributed by atoms with Gasteiger partial charge in [-0.2, -0.15) is 0 Å². The van der Waals surface area contributed by atoms with Crippen molar-refractivity contribution in [1.29, 1.82) is 0 Å². The van der Waals surface area contributed by atoms with Gasteiger partial charge in [-0.1, -0.05) is 13.0 Å². The van der Waals surface area contributed by atoms with Crippen LogP contribution in [0.5, 0.6) is 5.75 Å². The summed E-state index contributed by atoms with van der Waals surface area (Å²) in [6.45, 7) is 4.37. The molecular weight excluding hydrogens is 326 g/mol. The fourth-order valence-electron chi connectivity index (χ4n) is 2.21. The molecule has 2 aromatic rings. The third-order valence-electron chi connectivity index (χ3n) is 3.30. The lowest BCUT2D eigenvalue weighted by molar-refractivity contribution is -0.116. The van der Waals surface area contributed by atoms with E-state index in [1.54, 1.807) is 37.6 Å². The summed E-state index contributed by atoms with van der Waals surface area (Å²) in [7, 11) is 1.55. The van der Waals surface area contributed by atoms with Crippen molar-refractivity contribution in [2.24, 2.45) is 0 Å². The zero-order valence-electron chi connectivity index (χ0n) is 14.0. The van der Waals surface area contributed by atoms with Gasteiger partial charge >= 0.3 is 0 Å². The summed E-state index contributed by atoms with van der Waals surface area (Å²) in [5.41, 5.74) is 0.501. The number of nitrogens with zero attached hydrogens (tertiary/aromatic N) is 2. The summed E-state index contributed by atoms with van der Waals surface area (Å²) in [6.07, 6.45) is 2.46. The molecule has 1 N–H and O–H groups in total. The van der Waals surface area contributed by atoms with Gasteiger partial charge in [-0.25, -0.2) is 4.98 Å². The minimum atomic E-state index is -0.256. The van der Waals surface area contributed by atoms with Crippen molar-refractivity contribution in [1.82, 2.24) is 9.88 Å². The van der Waals surface area contributed by atoms with Crippen molar-refractivity contribution in [2.45, 2.75) is 20.3 Å². The molecule has 7 heteroatoms. The highest BCUT2D eigenvalue weighted by atomic mass is 32.1. The first-order valence-corrected chi connectivity index (χ1v) is 8.50. The van der Waals surface area contributed by atoms with Crippen LogP contribution in [0.3, 0.4) is 0 Å². The molecule has 1 aromatic heterocycles. The fourth-order valence-corrected chi connectivity index (χ4v) is 2.89. The molecule has 0 bridgehead atoms. The van der Waals surface area contributed by atoms with E-state index in [9.17, 15) is 9.59 Å². The Labute approximate surface area is 145 Å². The molecule has 0 atom stereocenters. The first-order valence-electron chi connectivity index (χ1n) is 7.69. The number of nitrogens with one attached hydrogen (secondary N) is 1. The Morgan fingerprint density at radius 1 is 1.38 bits per heavy atom. The van der Waals surface area contributed by atoms with E-state index in [0.29, 0.717) is 23.0 Å². The molecule has 6 nitrogen and oxygen atoms in total. The SMILES string of the molecule is CCCN(CC(=O)Nc1ncc(C)s1)C(=O)c1cccc(OC)c1. The minimum absolute atomic E-state index is 0.0114. The summed E-state index contributed by atoms with van der Waals surface area (Å²) in [5, 5.41) is 3.27. The van der Waals surface area contributed by atoms with Crippen molar-refractivity contribution >= 4 is 28.3 Å². The number of carbonyl (C=O) groups is 2. The summed E-state index contributed by atoms with van der Waals surface area (Å²) >= 11 is 1.40. The van der Waals surface area contributed by atoms with Gasteiger partial charge in [0.25, 0.3) is 5.91 Å².